The molecule has 1 saturated heterocycles. The van der Waals surface area contributed by atoms with Gasteiger partial charge in [-0.3, -0.25) is 9.89 Å². The van der Waals surface area contributed by atoms with Crippen molar-refractivity contribution in [2.45, 2.75) is 26.8 Å². The highest BCUT2D eigenvalue weighted by Crippen LogP contribution is 2.23. The molecule has 23 heavy (non-hydrogen) atoms. The first-order chi connectivity index (χ1) is 11.2. The molecule has 0 saturated carbocycles. The molecule has 0 radical (unpaired) electrons. The molecule has 5 nitrogen and oxygen atoms in total. The van der Waals surface area contributed by atoms with Crippen LogP contribution < -0.4 is 10.6 Å². The van der Waals surface area contributed by atoms with E-state index in [-0.39, 0.29) is 0 Å². The van der Waals surface area contributed by atoms with Crippen molar-refractivity contribution in [1.29, 1.82) is 0 Å². The quantitative estimate of drug-likeness (QED) is 0.622. The van der Waals surface area contributed by atoms with Gasteiger partial charge >= 0.3 is 0 Å². The lowest BCUT2D eigenvalue weighted by Gasteiger charge is -2.34. The van der Waals surface area contributed by atoms with Gasteiger partial charge < -0.3 is 15.4 Å². The van der Waals surface area contributed by atoms with E-state index in [0.29, 0.717) is 6.04 Å². The van der Waals surface area contributed by atoms with Crippen molar-refractivity contribution >= 4 is 5.96 Å². The van der Waals surface area contributed by atoms with Gasteiger partial charge in [0.15, 0.2) is 5.96 Å². The molecule has 1 fully saturated rings. The van der Waals surface area contributed by atoms with E-state index in [1.807, 2.05) is 0 Å². The minimum atomic E-state index is 0.297. The highest BCUT2D eigenvalue weighted by Gasteiger charge is 2.22. The van der Waals surface area contributed by atoms with Crippen LogP contribution in [0.3, 0.4) is 0 Å². The molecule has 0 aliphatic carbocycles. The van der Waals surface area contributed by atoms with Crippen molar-refractivity contribution in [1.82, 2.24) is 15.5 Å². The Bertz CT molecular complexity index is 490. The summed E-state index contributed by atoms with van der Waals surface area (Å²) in [6.45, 7) is 12.4. The third-order valence-corrected chi connectivity index (χ3v) is 4.02. The second kappa shape index (κ2) is 9.53. The van der Waals surface area contributed by atoms with Crippen LogP contribution >= 0.6 is 0 Å². The van der Waals surface area contributed by atoms with Crippen LogP contribution in [0.25, 0.3) is 0 Å². The van der Waals surface area contributed by atoms with E-state index >= 15 is 0 Å². The standard InChI is InChI=1S/C18H30N4O/c1-4-19-18(20-5-2)21-14-17(22-9-11-23-12-10-22)16-8-6-7-15(3)13-16/h6-8,13,17H,4-5,9-12,14H2,1-3H3,(H2,19,20,21). The van der Waals surface area contributed by atoms with Gasteiger partial charge in [-0.25, -0.2) is 0 Å². The van der Waals surface area contributed by atoms with E-state index in [1.54, 1.807) is 0 Å². The summed E-state index contributed by atoms with van der Waals surface area (Å²) < 4.78 is 5.51. The monoisotopic (exact) mass is 318 g/mol. The van der Waals surface area contributed by atoms with Gasteiger partial charge in [0, 0.05) is 26.2 Å². The molecule has 1 aliphatic heterocycles. The molecule has 1 heterocycles. The van der Waals surface area contributed by atoms with Gasteiger partial charge in [-0.15, -0.1) is 0 Å². The average molecular weight is 318 g/mol. The summed E-state index contributed by atoms with van der Waals surface area (Å²) >= 11 is 0. The largest absolute Gasteiger partial charge is 0.379 e. The van der Waals surface area contributed by atoms with Gasteiger partial charge in [-0.05, 0) is 26.3 Å². The van der Waals surface area contributed by atoms with Crippen molar-refractivity contribution in [3.8, 4) is 0 Å². The molecule has 1 unspecified atom stereocenters. The van der Waals surface area contributed by atoms with Crippen LogP contribution in [0, 0.1) is 6.92 Å². The molecule has 2 N–H and O–H groups in total. The highest BCUT2D eigenvalue weighted by molar-refractivity contribution is 5.79. The maximum absolute atomic E-state index is 5.51. The van der Waals surface area contributed by atoms with Crippen molar-refractivity contribution < 1.29 is 4.74 Å². The van der Waals surface area contributed by atoms with Crippen LogP contribution in [0.15, 0.2) is 29.3 Å². The van der Waals surface area contributed by atoms with Gasteiger partial charge in [0.1, 0.15) is 0 Å². The van der Waals surface area contributed by atoms with Crippen LogP contribution in [-0.4, -0.2) is 56.8 Å². The molecule has 128 valence electrons. The van der Waals surface area contributed by atoms with Gasteiger partial charge in [0.2, 0.25) is 0 Å². The van der Waals surface area contributed by atoms with Crippen LogP contribution in [-0.2, 0) is 4.74 Å². The summed E-state index contributed by atoms with van der Waals surface area (Å²) in [5, 5.41) is 6.60. The van der Waals surface area contributed by atoms with E-state index in [2.05, 4.69) is 60.6 Å². The number of nitrogens with zero attached hydrogens (tertiary/aromatic N) is 2. The summed E-state index contributed by atoms with van der Waals surface area (Å²) in [6.07, 6.45) is 0. The molecular weight excluding hydrogens is 288 g/mol. The van der Waals surface area contributed by atoms with Crippen LogP contribution in [0.5, 0.6) is 0 Å². The Morgan fingerprint density at radius 2 is 1.91 bits per heavy atom. The zero-order valence-electron chi connectivity index (χ0n) is 14.6. The fourth-order valence-electron chi connectivity index (χ4n) is 2.89. The lowest BCUT2D eigenvalue weighted by atomic mass is 10.0. The highest BCUT2D eigenvalue weighted by atomic mass is 16.5. The molecule has 5 heteroatoms. The summed E-state index contributed by atoms with van der Waals surface area (Å²) in [5.74, 6) is 0.890. The number of benzene rings is 1. The second-order valence-corrected chi connectivity index (χ2v) is 5.83. The number of guanidine groups is 1. The summed E-state index contributed by atoms with van der Waals surface area (Å²) in [6, 6.07) is 9.06. The Balaban J connectivity index is 2.17. The molecule has 2 rings (SSSR count). The van der Waals surface area contributed by atoms with E-state index in [9.17, 15) is 0 Å². The van der Waals surface area contributed by atoms with Crippen LogP contribution in [0.1, 0.15) is 31.0 Å². The van der Waals surface area contributed by atoms with E-state index in [0.717, 1.165) is 51.9 Å². The number of hydrogen-bond acceptors (Lipinski definition) is 3. The van der Waals surface area contributed by atoms with Gasteiger partial charge in [-0.1, -0.05) is 29.8 Å². The normalized spacial score (nSPS) is 16.7. The third-order valence-electron chi connectivity index (χ3n) is 4.02. The minimum Gasteiger partial charge on any atom is -0.379 e. The zero-order chi connectivity index (χ0) is 16.5. The van der Waals surface area contributed by atoms with E-state index < -0.39 is 0 Å². The lowest BCUT2D eigenvalue weighted by Crippen LogP contribution is -2.41. The summed E-state index contributed by atoms with van der Waals surface area (Å²) in [4.78, 5) is 7.28. The third kappa shape index (κ3) is 5.52. The predicted molar refractivity (Wildman–Crippen MR) is 96.0 cm³/mol. The molecular formula is C18H30N4O. The van der Waals surface area contributed by atoms with Crippen molar-refractivity contribution in [2.24, 2.45) is 4.99 Å². The van der Waals surface area contributed by atoms with Crippen LogP contribution in [0.4, 0.5) is 0 Å². The maximum atomic E-state index is 5.51. The maximum Gasteiger partial charge on any atom is 0.191 e. The Morgan fingerprint density at radius 1 is 1.22 bits per heavy atom. The van der Waals surface area contributed by atoms with E-state index in [1.165, 1.54) is 11.1 Å². The minimum absolute atomic E-state index is 0.297. The van der Waals surface area contributed by atoms with Gasteiger partial charge in [-0.2, -0.15) is 0 Å². The molecule has 1 atom stereocenters. The Hall–Kier alpha value is -1.59. The molecule has 0 aromatic heterocycles. The first-order valence-electron chi connectivity index (χ1n) is 8.65. The zero-order valence-corrected chi connectivity index (χ0v) is 14.6. The fraction of sp³-hybridized carbons (Fsp3) is 0.611. The number of nitrogens with one attached hydrogen (secondary N) is 2. The van der Waals surface area contributed by atoms with E-state index in [4.69, 9.17) is 9.73 Å². The lowest BCUT2D eigenvalue weighted by molar-refractivity contribution is 0.0179. The number of aliphatic imine (C=N–C) groups is 1. The molecule has 1 aromatic rings. The predicted octanol–water partition coefficient (Wildman–Crippen LogP) is 1.94. The Kier molecular flexibility index (Phi) is 7.36. The number of aryl methyl sites for hydroxylation is 1. The number of ether oxygens (including phenoxy) is 1. The SMILES string of the molecule is CCNC(=NCC(c1cccc(C)c1)N1CCOCC1)NCC. The first kappa shape index (κ1) is 17.8. The van der Waals surface area contributed by atoms with Gasteiger partial charge in [0.05, 0.1) is 25.8 Å². The smallest absolute Gasteiger partial charge is 0.191 e. The first-order valence-corrected chi connectivity index (χ1v) is 8.65. The van der Waals surface area contributed by atoms with Crippen molar-refractivity contribution in [3.63, 3.8) is 0 Å². The van der Waals surface area contributed by atoms with Gasteiger partial charge in [0.25, 0.3) is 0 Å². The average Bonchev–Trinajstić information content (AvgIpc) is 2.56. The molecule has 0 amide bonds. The molecule has 1 aliphatic rings. The number of hydrogen-bond donors (Lipinski definition) is 2. The molecule has 1 aromatic carbocycles. The summed E-state index contributed by atoms with van der Waals surface area (Å²) in [7, 11) is 0. The summed E-state index contributed by atoms with van der Waals surface area (Å²) in [5.41, 5.74) is 2.63. The van der Waals surface area contributed by atoms with Crippen molar-refractivity contribution in [3.05, 3.63) is 35.4 Å². The number of morpholine rings is 1. The topological polar surface area (TPSA) is 48.9 Å². The number of rotatable bonds is 6. The molecule has 0 spiro atoms. The second-order valence-electron chi connectivity index (χ2n) is 5.83. The molecule has 0 bridgehead atoms. The fourth-order valence-corrected chi connectivity index (χ4v) is 2.89. The Morgan fingerprint density at radius 3 is 2.52 bits per heavy atom. The van der Waals surface area contributed by atoms with Crippen molar-refractivity contribution in [2.75, 3.05) is 45.9 Å². The Labute approximate surface area is 140 Å². The van der Waals surface area contributed by atoms with Crippen LogP contribution in [0.2, 0.25) is 0 Å².